The van der Waals surface area contributed by atoms with E-state index in [2.05, 4.69) is 15.0 Å². The molecule has 4 aromatic rings. The van der Waals surface area contributed by atoms with Gasteiger partial charge in [0.25, 0.3) is 5.91 Å². The van der Waals surface area contributed by atoms with E-state index in [-0.39, 0.29) is 39.7 Å². The van der Waals surface area contributed by atoms with Crippen LogP contribution in [0.1, 0.15) is 17.4 Å². The largest absolute Gasteiger partial charge is 0.504 e. The Labute approximate surface area is 187 Å². The van der Waals surface area contributed by atoms with Crippen LogP contribution in [-0.2, 0) is 0 Å². The Balaban J connectivity index is 2.04. The summed E-state index contributed by atoms with van der Waals surface area (Å²) in [6, 6.07) is 9.67. The number of amides is 1. The number of hydrogen-bond donors (Lipinski definition) is 3. The molecular weight excluding hydrogens is 430 g/mol. The van der Waals surface area contributed by atoms with Gasteiger partial charge in [-0.3, -0.25) is 4.79 Å². The fourth-order valence-corrected chi connectivity index (χ4v) is 3.45. The number of benzene rings is 2. The van der Waals surface area contributed by atoms with E-state index < -0.39 is 11.6 Å². The maximum Gasteiger partial charge on any atom is 0.332 e. The third-order valence-corrected chi connectivity index (χ3v) is 4.94. The van der Waals surface area contributed by atoms with Gasteiger partial charge in [-0.25, -0.2) is 19.3 Å². The van der Waals surface area contributed by atoms with Crippen molar-refractivity contribution in [3.05, 3.63) is 52.6 Å². The average Bonchev–Trinajstić information content (AvgIpc) is 3.14. The lowest BCUT2D eigenvalue weighted by Gasteiger charge is -2.12. The van der Waals surface area contributed by atoms with Gasteiger partial charge in [-0.2, -0.15) is 0 Å². The summed E-state index contributed by atoms with van der Waals surface area (Å²) >= 11 is 0. The normalized spacial score (nSPS) is 10.9. The summed E-state index contributed by atoms with van der Waals surface area (Å²) in [5.41, 5.74) is 5.42. The molecule has 0 saturated carbocycles. The van der Waals surface area contributed by atoms with E-state index in [4.69, 9.17) is 19.9 Å². The summed E-state index contributed by atoms with van der Waals surface area (Å²) in [6.07, 6.45) is 0. The number of ether oxygens (including phenoxy) is 3. The van der Waals surface area contributed by atoms with Gasteiger partial charge in [0.2, 0.25) is 0 Å². The lowest BCUT2D eigenvalue weighted by molar-refractivity contribution is 0.0997. The number of H-pyrrole nitrogens is 1. The number of phenols is 1. The number of nitrogens with zero attached hydrogens (tertiary/aromatic N) is 3. The van der Waals surface area contributed by atoms with Gasteiger partial charge in [0.05, 0.1) is 32.1 Å². The maximum absolute atomic E-state index is 12.9. The van der Waals surface area contributed by atoms with Crippen LogP contribution in [0.4, 0.5) is 0 Å². The van der Waals surface area contributed by atoms with Gasteiger partial charge < -0.3 is 30.0 Å². The lowest BCUT2D eigenvalue weighted by Crippen LogP contribution is -2.16. The van der Waals surface area contributed by atoms with Gasteiger partial charge in [-0.05, 0) is 31.2 Å². The van der Waals surface area contributed by atoms with Crippen LogP contribution in [0.15, 0.2) is 41.2 Å². The zero-order valence-corrected chi connectivity index (χ0v) is 18.1. The number of primary amides is 1. The Hall–Kier alpha value is -4.54. The van der Waals surface area contributed by atoms with Crippen LogP contribution in [0.3, 0.4) is 0 Å². The number of rotatable bonds is 7. The second-order valence-electron chi connectivity index (χ2n) is 6.85. The highest BCUT2D eigenvalue weighted by Gasteiger charge is 2.23. The van der Waals surface area contributed by atoms with Crippen LogP contribution in [0.25, 0.3) is 28.2 Å². The summed E-state index contributed by atoms with van der Waals surface area (Å²) in [5.74, 6) is -0.0217. The molecule has 0 atom stereocenters. The van der Waals surface area contributed by atoms with Gasteiger partial charge in [0.1, 0.15) is 17.0 Å². The number of aromatic hydroxyl groups is 1. The zero-order valence-electron chi connectivity index (χ0n) is 18.1. The van der Waals surface area contributed by atoms with Crippen molar-refractivity contribution in [3.63, 3.8) is 0 Å². The number of methoxy groups -OCH3 is 2. The van der Waals surface area contributed by atoms with E-state index in [1.165, 1.54) is 18.8 Å². The zero-order chi connectivity index (χ0) is 23.7. The van der Waals surface area contributed by atoms with Crippen molar-refractivity contribution < 1.29 is 24.1 Å². The lowest BCUT2D eigenvalue weighted by atomic mass is 10.1. The molecule has 2 heterocycles. The number of phenolic OH excluding ortho intramolecular Hbond substituents is 1. The summed E-state index contributed by atoms with van der Waals surface area (Å²) in [7, 11) is 2.96. The van der Waals surface area contributed by atoms with Gasteiger partial charge in [-0.1, -0.05) is 6.07 Å². The van der Waals surface area contributed by atoms with Crippen molar-refractivity contribution in [1.29, 1.82) is 0 Å². The predicted molar refractivity (Wildman–Crippen MR) is 119 cm³/mol. The number of aromatic amines is 1. The first-order valence-electron chi connectivity index (χ1n) is 9.89. The first kappa shape index (κ1) is 21.7. The highest BCUT2D eigenvalue weighted by molar-refractivity contribution is 6.02. The van der Waals surface area contributed by atoms with Crippen LogP contribution >= 0.6 is 0 Å². The molecule has 0 aliphatic carbocycles. The topological polar surface area (TPSA) is 155 Å². The molecule has 0 saturated heterocycles. The standard InChI is InChI=1S/C22H21N5O6/c1-4-33-14-7-5-6-12(18(14)28)20-24-16(19(23)29)17-21(26-20)27(22(30)25-17)13-9-8-11(31-2)10-15(13)32-3/h5-10,28H,4H2,1-3H3,(H2,23,29)(H,25,30). The smallest absolute Gasteiger partial charge is 0.332 e. The van der Waals surface area contributed by atoms with Crippen LogP contribution < -0.4 is 25.6 Å². The summed E-state index contributed by atoms with van der Waals surface area (Å²) in [6.45, 7) is 2.11. The van der Waals surface area contributed by atoms with E-state index in [1.54, 1.807) is 43.3 Å². The number of hydrogen-bond acceptors (Lipinski definition) is 8. The Bertz CT molecular complexity index is 1430. The van der Waals surface area contributed by atoms with E-state index >= 15 is 0 Å². The van der Waals surface area contributed by atoms with E-state index in [0.717, 1.165) is 0 Å². The quantitative estimate of drug-likeness (QED) is 0.385. The molecule has 1 amide bonds. The molecule has 4 rings (SSSR count). The SMILES string of the molecule is CCOc1cccc(-c2nc(C(N)=O)c3[nH]c(=O)n(-c4ccc(OC)cc4OC)c3n2)c1O. The molecule has 2 aromatic carbocycles. The Morgan fingerprint density at radius 2 is 1.94 bits per heavy atom. The molecule has 2 aromatic heterocycles. The minimum atomic E-state index is -0.876. The number of aromatic nitrogens is 4. The molecule has 11 nitrogen and oxygen atoms in total. The molecule has 11 heteroatoms. The van der Waals surface area contributed by atoms with Gasteiger partial charge in [-0.15, -0.1) is 0 Å². The Morgan fingerprint density at radius 1 is 1.15 bits per heavy atom. The summed E-state index contributed by atoms with van der Waals surface area (Å²) in [4.78, 5) is 36.4. The van der Waals surface area contributed by atoms with Crippen LogP contribution in [0.5, 0.6) is 23.0 Å². The molecule has 0 radical (unpaired) electrons. The summed E-state index contributed by atoms with van der Waals surface area (Å²) < 4.78 is 17.3. The first-order valence-corrected chi connectivity index (χ1v) is 9.89. The molecule has 33 heavy (non-hydrogen) atoms. The molecule has 0 aliphatic heterocycles. The van der Waals surface area contributed by atoms with Crippen molar-refractivity contribution in [3.8, 4) is 40.1 Å². The van der Waals surface area contributed by atoms with Gasteiger partial charge in [0.15, 0.2) is 28.7 Å². The summed E-state index contributed by atoms with van der Waals surface area (Å²) in [5, 5.41) is 10.7. The van der Waals surface area contributed by atoms with E-state index in [1.807, 2.05) is 0 Å². The van der Waals surface area contributed by atoms with Crippen molar-refractivity contribution in [1.82, 2.24) is 19.5 Å². The molecular formula is C22H21N5O6. The van der Waals surface area contributed by atoms with Crippen molar-refractivity contribution >= 4 is 17.1 Å². The fraction of sp³-hybridized carbons (Fsp3) is 0.182. The van der Waals surface area contributed by atoms with Crippen molar-refractivity contribution in [2.45, 2.75) is 6.92 Å². The fourth-order valence-electron chi connectivity index (χ4n) is 3.45. The Morgan fingerprint density at radius 3 is 2.61 bits per heavy atom. The van der Waals surface area contributed by atoms with Crippen LogP contribution in [0, 0.1) is 0 Å². The first-order chi connectivity index (χ1) is 15.9. The molecule has 0 bridgehead atoms. The molecule has 0 aliphatic rings. The highest BCUT2D eigenvalue weighted by atomic mass is 16.5. The molecule has 0 unspecified atom stereocenters. The number of fused-ring (bicyclic) bond motifs is 1. The van der Waals surface area contributed by atoms with E-state index in [0.29, 0.717) is 23.8 Å². The van der Waals surface area contributed by atoms with Crippen molar-refractivity contribution in [2.75, 3.05) is 20.8 Å². The van der Waals surface area contributed by atoms with E-state index in [9.17, 15) is 14.7 Å². The number of nitrogens with one attached hydrogen (secondary N) is 1. The van der Waals surface area contributed by atoms with Crippen LogP contribution in [-0.4, -0.2) is 51.4 Å². The second kappa shape index (κ2) is 8.54. The number of carbonyl (C=O) groups excluding carboxylic acids is 1. The minimum Gasteiger partial charge on any atom is -0.504 e. The van der Waals surface area contributed by atoms with Crippen molar-refractivity contribution in [2.24, 2.45) is 5.73 Å². The third kappa shape index (κ3) is 3.69. The molecule has 4 N–H and O–H groups in total. The van der Waals surface area contributed by atoms with Gasteiger partial charge >= 0.3 is 5.69 Å². The number of nitrogens with two attached hydrogens (primary N) is 1. The van der Waals surface area contributed by atoms with Crippen LogP contribution in [0.2, 0.25) is 0 Å². The average molecular weight is 451 g/mol. The molecule has 0 spiro atoms. The van der Waals surface area contributed by atoms with Gasteiger partial charge in [0, 0.05) is 6.07 Å². The highest BCUT2D eigenvalue weighted by Crippen LogP contribution is 2.36. The predicted octanol–water partition coefficient (Wildman–Crippen LogP) is 2.00. The third-order valence-electron chi connectivity index (χ3n) is 4.94. The maximum atomic E-state index is 12.9. The minimum absolute atomic E-state index is 0.0180. The number of para-hydroxylation sites is 1. The second-order valence-corrected chi connectivity index (χ2v) is 6.85. The Kier molecular flexibility index (Phi) is 5.61. The molecule has 0 fully saturated rings. The molecule has 170 valence electrons. The number of carbonyl (C=O) groups is 1. The monoisotopic (exact) mass is 451 g/mol. The number of imidazole rings is 1.